The average Bonchev–Trinajstić information content (AvgIpc) is 3.40. The van der Waals surface area contributed by atoms with E-state index in [1.165, 1.54) is 0 Å². The molecule has 0 unspecified atom stereocenters. The minimum Gasteiger partial charge on any atom is -0.214 e. The minimum atomic E-state index is 0. The van der Waals surface area contributed by atoms with E-state index >= 15 is 0 Å². The van der Waals surface area contributed by atoms with Crippen LogP contribution < -0.4 is 0 Å². The molecule has 0 amide bonds. The molecule has 0 radical (unpaired) electrons. The Kier molecular flexibility index (Phi) is 20.8. The molecular weight excluding hydrogens is 387 g/mol. The summed E-state index contributed by atoms with van der Waals surface area (Å²) in [6, 6.07) is 40.0. The first-order valence-corrected chi connectivity index (χ1v) is 6.67. The summed E-state index contributed by atoms with van der Waals surface area (Å²) in [6.07, 6.45) is 0. The van der Waals surface area contributed by atoms with E-state index in [1.54, 1.807) is 0 Å². The van der Waals surface area contributed by atoms with Gasteiger partial charge < -0.3 is 0 Å². The van der Waals surface area contributed by atoms with Gasteiger partial charge >= 0.3 is 43.3 Å². The first kappa shape index (κ1) is 23.1. The molecule has 0 aromatic heterocycles. The molecule has 0 bridgehead atoms. The Balaban J connectivity index is 0. The SMILES string of the molecule is [Fe+2].[Zr+2].c1cc[cH-]c1.c1cc[cH-]c1.c1cc[cH-]c1.c1cc[cH-]c1. The molecule has 0 nitrogen and oxygen atoms in total. The maximum Gasteiger partial charge on any atom is 2.00 e. The summed E-state index contributed by atoms with van der Waals surface area (Å²) in [5, 5.41) is 0. The molecule has 0 spiro atoms. The van der Waals surface area contributed by atoms with Crippen molar-refractivity contribution in [2.75, 3.05) is 0 Å². The molecule has 0 aliphatic rings. The van der Waals surface area contributed by atoms with Crippen LogP contribution >= 0.6 is 0 Å². The minimum absolute atomic E-state index is 0. The molecule has 0 saturated carbocycles. The molecule has 0 heterocycles. The Morgan fingerprint density at radius 3 is 0.500 bits per heavy atom. The fraction of sp³-hybridized carbons (Fsp3) is 0. The van der Waals surface area contributed by atoms with Crippen LogP contribution in [0.3, 0.4) is 0 Å². The molecule has 0 saturated heterocycles. The van der Waals surface area contributed by atoms with Gasteiger partial charge in [0, 0.05) is 0 Å². The first-order chi connectivity index (χ1) is 10.0. The third kappa shape index (κ3) is 16.9. The average molecular weight is 407 g/mol. The maximum absolute atomic E-state index is 2.00. The van der Waals surface area contributed by atoms with E-state index < -0.39 is 0 Å². The predicted octanol–water partition coefficient (Wildman–Crippen LogP) is 5.62. The van der Waals surface area contributed by atoms with Crippen LogP contribution in [0.25, 0.3) is 0 Å². The van der Waals surface area contributed by atoms with Gasteiger partial charge in [-0.15, -0.1) is 0 Å². The Morgan fingerprint density at radius 2 is 0.455 bits per heavy atom. The Hall–Kier alpha value is -1.20. The van der Waals surface area contributed by atoms with Gasteiger partial charge in [0.2, 0.25) is 0 Å². The van der Waals surface area contributed by atoms with Crippen LogP contribution in [-0.4, -0.2) is 0 Å². The normalized spacial score (nSPS) is 7.27. The number of hydrogen-bond acceptors (Lipinski definition) is 0. The van der Waals surface area contributed by atoms with E-state index in [0.29, 0.717) is 0 Å². The molecule has 4 rings (SSSR count). The monoisotopic (exact) mass is 406 g/mol. The predicted molar refractivity (Wildman–Crippen MR) is 88.1 cm³/mol. The van der Waals surface area contributed by atoms with E-state index in [2.05, 4.69) is 0 Å². The van der Waals surface area contributed by atoms with Crippen LogP contribution in [0.4, 0.5) is 0 Å². The number of hydrogen-bond donors (Lipinski definition) is 0. The van der Waals surface area contributed by atoms with Crippen molar-refractivity contribution in [3.8, 4) is 0 Å². The smallest absolute Gasteiger partial charge is 0.214 e. The largest absolute Gasteiger partial charge is 2.00 e. The summed E-state index contributed by atoms with van der Waals surface area (Å²) in [5.74, 6) is 0. The maximum atomic E-state index is 2.00. The van der Waals surface area contributed by atoms with E-state index in [9.17, 15) is 0 Å². The summed E-state index contributed by atoms with van der Waals surface area (Å²) < 4.78 is 0. The van der Waals surface area contributed by atoms with Crippen LogP contribution in [-0.2, 0) is 43.3 Å². The van der Waals surface area contributed by atoms with Crippen molar-refractivity contribution in [2.45, 2.75) is 0 Å². The van der Waals surface area contributed by atoms with Crippen LogP contribution in [0.2, 0.25) is 0 Å². The van der Waals surface area contributed by atoms with E-state index in [-0.39, 0.29) is 43.3 Å². The Bertz CT molecular complexity index is 343. The molecule has 0 N–H and O–H groups in total. The summed E-state index contributed by atoms with van der Waals surface area (Å²) in [6.45, 7) is 0. The third-order valence-corrected chi connectivity index (χ3v) is 2.22. The zero-order valence-electron chi connectivity index (χ0n) is 12.4. The zero-order valence-corrected chi connectivity index (χ0v) is 16.0. The fourth-order valence-electron chi connectivity index (χ4n) is 1.28. The second-order valence-electron chi connectivity index (χ2n) is 3.85. The van der Waals surface area contributed by atoms with Gasteiger partial charge in [0.05, 0.1) is 0 Å². The molecule has 22 heavy (non-hydrogen) atoms. The molecule has 112 valence electrons. The molecule has 2 heteroatoms. The topological polar surface area (TPSA) is 0 Å². The second kappa shape index (κ2) is 19.8. The zero-order chi connectivity index (χ0) is 14.1. The molecule has 0 atom stereocenters. The van der Waals surface area contributed by atoms with Crippen molar-refractivity contribution >= 4 is 0 Å². The molecule has 0 aliphatic heterocycles. The van der Waals surface area contributed by atoms with Crippen molar-refractivity contribution in [2.24, 2.45) is 0 Å². The third-order valence-electron chi connectivity index (χ3n) is 2.22. The summed E-state index contributed by atoms with van der Waals surface area (Å²) in [4.78, 5) is 0. The molecule has 4 aromatic rings. The van der Waals surface area contributed by atoms with Crippen LogP contribution in [0.5, 0.6) is 0 Å². The molecule has 0 fully saturated rings. The standard InChI is InChI=1S/4C5H5.Fe.Zr/c4*1-2-4-5-3-1;;/h4*1-5H;;/q4*-1;2*+2. The van der Waals surface area contributed by atoms with Gasteiger partial charge in [-0.05, 0) is 0 Å². The van der Waals surface area contributed by atoms with Crippen LogP contribution in [0.15, 0.2) is 121 Å². The second-order valence-corrected chi connectivity index (χ2v) is 3.85. The summed E-state index contributed by atoms with van der Waals surface area (Å²) in [5.41, 5.74) is 0. The van der Waals surface area contributed by atoms with Gasteiger partial charge in [0.1, 0.15) is 0 Å². The number of rotatable bonds is 0. The Morgan fingerprint density at radius 1 is 0.318 bits per heavy atom. The van der Waals surface area contributed by atoms with Gasteiger partial charge in [-0.3, -0.25) is 0 Å². The Labute approximate surface area is 163 Å². The van der Waals surface area contributed by atoms with Gasteiger partial charge in [-0.1, -0.05) is 0 Å². The van der Waals surface area contributed by atoms with Crippen molar-refractivity contribution in [3.63, 3.8) is 0 Å². The summed E-state index contributed by atoms with van der Waals surface area (Å²) >= 11 is 0. The van der Waals surface area contributed by atoms with Crippen molar-refractivity contribution < 1.29 is 43.3 Å². The summed E-state index contributed by atoms with van der Waals surface area (Å²) in [7, 11) is 0. The van der Waals surface area contributed by atoms with Gasteiger partial charge in [-0.25, -0.2) is 48.5 Å². The van der Waals surface area contributed by atoms with Crippen LogP contribution in [0.1, 0.15) is 0 Å². The van der Waals surface area contributed by atoms with E-state index in [0.717, 1.165) is 0 Å². The molecule has 0 aliphatic carbocycles. The fourth-order valence-corrected chi connectivity index (χ4v) is 1.28. The first-order valence-electron chi connectivity index (χ1n) is 6.67. The van der Waals surface area contributed by atoms with Gasteiger partial charge in [0.15, 0.2) is 0 Å². The van der Waals surface area contributed by atoms with Gasteiger partial charge in [-0.2, -0.15) is 72.8 Å². The molecule has 4 aromatic carbocycles. The van der Waals surface area contributed by atoms with E-state index in [4.69, 9.17) is 0 Å². The van der Waals surface area contributed by atoms with Crippen molar-refractivity contribution in [3.05, 3.63) is 121 Å². The van der Waals surface area contributed by atoms with Crippen molar-refractivity contribution in [1.82, 2.24) is 0 Å². The van der Waals surface area contributed by atoms with Gasteiger partial charge in [0.25, 0.3) is 0 Å². The van der Waals surface area contributed by atoms with Crippen molar-refractivity contribution in [1.29, 1.82) is 0 Å². The molecular formula is C20H20FeZr. The quantitative estimate of drug-likeness (QED) is 0.262. The van der Waals surface area contributed by atoms with E-state index in [1.807, 2.05) is 121 Å². The van der Waals surface area contributed by atoms with Crippen LogP contribution in [0, 0.1) is 0 Å².